The van der Waals surface area contributed by atoms with Crippen LogP contribution in [0.4, 0.5) is 0 Å². The Morgan fingerprint density at radius 3 is 3.05 bits per heavy atom. The van der Waals surface area contributed by atoms with Gasteiger partial charge in [-0.3, -0.25) is 0 Å². The Morgan fingerprint density at radius 2 is 2.35 bits per heavy atom. The molecule has 0 unspecified atom stereocenters. The molecule has 5 nitrogen and oxygen atoms in total. The lowest BCUT2D eigenvalue weighted by Crippen LogP contribution is -2.01. The van der Waals surface area contributed by atoms with Gasteiger partial charge in [0.1, 0.15) is 18.1 Å². The van der Waals surface area contributed by atoms with Gasteiger partial charge in [0.2, 0.25) is 0 Å². The minimum absolute atomic E-state index is 0.189. The molecule has 0 amide bonds. The molecule has 0 spiro atoms. The van der Waals surface area contributed by atoms with Crippen molar-refractivity contribution in [2.75, 3.05) is 0 Å². The highest BCUT2D eigenvalue weighted by atomic mass is 127. The Balaban J connectivity index is 1.54. The second-order valence-electron chi connectivity index (χ2n) is 4.57. The van der Waals surface area contributed by atoms with Gasteiger partial charge in [-0.25, -0.2) is 4.79 Å². The maximum Gasteiger partial charge on any atom is 0.331 e. The first kappa shape index (κ1) is 13.4. The van der Waals surface area contributed by atoms with Crippen molar-refractivity contribution in [1.82, 2.24) is 5.16 Å². The minimum atomic E-state index is -0.417. The highest BCUT2D eigenvalue weighted by Gasteiger charge is 2.30. The molecule has 6 heteroatoms. The number of nitrogens with zero attached hydrogens (tertiary/aromatic N) is 1. The quantitative estimate of drug-likeness (QED) is 0.448. The summed E-state index contributed by atoms with van der Waals surface area (Å²) in [6.45, 7) is 0.189. The molecule has 2 aromatic heterocycles. The smallest absolute Gasteiger partial charge is 0.331 e. The summed E-state index contributed by atoms with van der Waals surface area (Å²) in [5, 5.41) is 3.76. The maximum absolute atomic E-state index is 11.6. The maximum atomic E-state index is 11.6. The molecule has 2 heterocycles. The lowest BCUT2D eigenvalue weighted by Gasteiger charge is -2.00. The van der Waals surface area contributed by atoms with E-state index < -0.39 is 5.97 Å². The monoisotopic (exact) mass is 385 g/mol. The molecule has 1 saturated carbocycles. The summed E-state index contributed by atoms with van der Waals surface area (Å²) in [4.78, 5) is 11.6. The second kappa shape index (κ2) is 5.82. The third kappa shape index (κ3) is 3.30. The molecule has 0 radical (unpaired) electrons. The molecule has 0 aliphatic heterocycles. The number of carbonyl (C=O) groups is 1. The molecule has 20 heavy (non-hydrogen) atoms. The zero-order valence-electron chi connectivity index (χ0n) is 10.5. The normalized spacial score (nSPS) is 14.8. The lowest BCUT2D eigenvalue weighted by atomic mass is 10.2. The van der Waals surface area contributed by atoms with Gasteiger partial charge in [-0.2, -0.15) is 0 Å². The second-order valence-corrected chi connectivity index (χ2v) is 5.64. The molecule has 0 atom stereocenters. The van der Waals surface area contributed by atoms with Crippen LogP contribution in [-0.4, -0.2) is 11.1 Å². The van der Waals surface area contributed by atoms with Gasteiger partial charge in [0, 0.05) is 12.0 Å². The van der Waals surface area contributed by atoms with Crippen molar-refractivity contribution in [3.05, 3.63) is 45.3 Å². The number of aromatic nitrogens is 1. The Kier molecular flexibility index (Phi) is 3.90. The number of ether oxygens (including phenoxy) is 1. The zero-order chi connectivity index (χ0) is 13.9. The van der Waals surface area contributed by atoms with Crippen LogP contribution in [0.5, 0.6) is 0 Å². The number of hydrogen-bond acceptors (Lipinski definition) is 5. The van der Waals surface area contributed by atoms with Crippen molar-refractivity contribution >= 4 is 34.6 Å². The molecule has 104 valence electrons. The van der Waals surface area contributed by atoms with E-state index in [9.17, 15) is 4.79 Å². The van der Waals surface area contributed by atoms with Gasteiger partial charge in [-0.05, 0) is 53.6 Å². The Bertz CT molecular complexity index is 639. The number of furan rings is 1. The van der Waals surface area contributed by atoms with Gasteiger partial charge in [-0.15, -0.1) is 0 Å². The fraction of sp³-hybridized carbons (Fsp3) is 0.286. The van der Waals surface area contributed by atoms with Gasteiger partial charge >= 0.3 is 5.97 Å². The number of carbonyl (C=O) groups excluding carboxylic acids is 1. The van der Waals surface area contributed by atoms with Crippen LogP contribution in [0.2, 0.25) is 0 Å². The van der Waals surface area contributed by atoms with E-state index in [1.807, 2.05) is 6.07 Å². The summed E-state index contributed by atoms with van der Waals surface area (Å²) < 4.78 is 16.4. The first-order valence-corrected chi connectivity index (χ1v) is 7.34. The van der Waals surface area contributed by atoms with Crippen LogP contribution in [0.3, 0.4) is 0 Å². The predicted molar refractivity (Wildman–Crippen MR) is 78.7 cm³/mol. The number of hydrogen-bond donors (Lipinski definition) is 0. The topological polar surface area (TPSA) is 65.5 Å². The predicted octanol–water partition coefficient (Wildman–Crippen LogP) is 3.51. The van der Waals surface area contributed by atoms with E-state index >= 15 is 0 Å². The van der Waals surface area contributed by atoms with Crippen molar-refractivity contribution < 1.29 is 18.5 Å². The summed E-state index contributed by atoms with van der Waals surface area (Å²) in [5.74, 6) is 1.50. The van der Waals surface area contributed by atoms with E-state index in [1.54, 1.807) is 18.3 Å². The van der Waals surface area contributed by atoms with Crippen molar-refractivity contribution in [1.29, 1.82) is 0 Å². The summed E-state index contributed by atoms with van der Waals surface area (Å²) in [7, 11) is 0. The van der Waals surface area contributed by atoms with E-state index in [0.717, 1.165) is 27.9 Å². The van der Waals surface area contributed by atoms with E-state index in [-0.39, 0.29) is 6.61 Å². The van der Waals surface area contributed by atoms with Crippen LogP contribution in [0.25, 0.3) is 6.08 Å². The molecule has 2 aromatic rings. The molecule has 0 bridgehead atoms. The van der Waals surface area contributed by atoms with Crippen LogP contribution in [0.15, 0.2) is 33.3 Å². The van der Waals surface area contributed by atoms with E-state index in [4.69, 9.17) is 13.7 Å². The van der Waals surface area contributed by atoms with Crippen LogP contribution < -0.4 is 0 Å². The first-order chi connectivity index (χ1) is 9.72. The summed E-state index contributed by atoms with van der Waals surface area (Å²) in [5.41, 5.74) is 0.849. The summed E-state index contributed by atoms with van der Waals surface area (Å²) >= 11 is 2.06. The largest absolute Gasteiger partial charge is 0.457 e. The molecule has 0 N–H and O–H groups in total. The molecule has 1 aliphatic rings. The van der Waals surface area contributed by atoms with E-state index in [2.05, 4.69) is 27.7 Å². The molecule has 1 fully saturated rings. The van der Waals surface area contributed by atoms with Gasteiger partial charge < -0.3 is 13.7 Å². The van der Waals surface area contributed by atoms with E-state index in [0.29, 0.717) is 11.7 Å². The van der Waals surface area contributed by atoms with Crippen molar-refractivity contribution in [2.45, 2.75) is 25.4 Å². The molecule has 3 rings (SSSR count). The van der Waals surface area contributed by atoms with Crippen molar-refractivity contribution in [2.24, 2.45) is 0 Å². The average molecular weight is 385 g/mol. The summed E-state index contributed by atoms with van der Waals surface area (Å²) in [6, 6.07) is 3.61. The molecular weight excluding hydrogens is 373 g/mol. The number of esters is 1. The molecular formula is C14H12INO4. The molecule has 1 aliphatic carbocycles. The van der Waals surface area contributed by atoms with E-state index in [1.165, 1.54) is 6.08 Å². The van der Waals surface area contributed by atoms with Crippen molar-refractivity contribution in [3.63, 3.8) is 0 Å². The Labute approximate surface area is 129 Å². The highest BCUT2D eigenvalue weighted by molar-refractivity contribution is 14.1. The number of halogens is 1. The fourth-order valence-electron chi connectivity index (χ4n) is 1.82. The van der Waals surface area contributed by atoms with Crippen LogP contribution in [0, 0.1) is 3.77 Å². The minimum Gasteiger partial charge on any atom is -0.457 e. The van der Waals surface area contributed by atoms with Gasteiger partial charge in [0.25, 0.3) is 0 Å². The number of rotatable bonds is 5. The standard InChI is InChI=1S/C14H12INO4/c15-12-5-3-11(19-12)4-6-13(17)18-8-10-7-16-20-14(10)9-1-2-9/h3-7,9H,1-2,8H2. The van der Waals surface area contributed by atoms with Gasteiger partial charge in [0.05, 0.1) is 11.8 Å². The van der Waals surface area contributed by atoms with Gasteiger partial charge in [0.15, 0.2) is 3.77 Å². The third-order valence-electron chi connectivity index (χ3n) is 2.97. The van der Waals surface area contributed by atoms with Gasteiger partial charge in [-0.1, -0.05) is 5.16 Å². The third-order valence-corrected chi connectivity index (χ3v) is 3.55. The lowest BCUT2D eigenvalue weighted by molar-refractivity contribution is -0.138. The summed E-state index contributed by atoms with van der Waals surface area (Å²) in [6.07, 6.45) is 6.78. The van der Waals surface area contributed by atoms with Crippen LogP contribution >= 0.6 is 22.6 Å². The Hall–Kier alpha value is -1.57. The fourth-order valence-corrected chi connectivity index (χ4v) is 2.26. The highest BCUT2D eigenvalue weighted by Crippen LogP contribution is 2.41. The van der Waals surface area contributed by atoms with Crippen LogP contribution in [0.1, 0.15) is 35.8 Å². The first-order valence-electron chi connectivity index (χ1n) is 6.26. The Morgan fingerprint density at radius 1 is 1.50 bits per heavy atom. The SMILES string of the molecule is O=C(C=Cc1ccc(I)o1)OCc1cnoc1C1CC1. The molecule has 0 saturated heterocycles. The van der Waals surface area contributed by atoms with Crippen LogP contribution in [-0.2, 0) is 16.1 Å². The average Bonchev–Trinajstić information content (AvgIpc) is 3.03. The zero-order valence-corrected chi connectivity index (χ0v) is 12.7. The van der Waals surface area contributed by atoms with Crippen molar-refractivity contribution in [3.8, 4) is 0 Å². The molecule has 0 aromatic carbocycles.